The Morgan fingerprint density at radius 2 is 1.89 bits per heavy atom. The molecule has 194 valence electrons. The van der Waals surface area contributed by atoms with Crippen LogP contribution in [0.1, 0.15) is 68.3 Å². The quantitative estimate of drug-likeness (QED) is 0.255. The summed E-state index contributed by atoms with van der Waals surface area (Å²) in [6.07, 6.45) is 6.76. The van der Waals surface area contributed by atoms with E-state index in [0.717, 1.165) is 64.1 Å². The van der Waals surface area contributed by atoms with E-state index in [1.807, 2.05) is 46.0 Å². The lowest BCUT2D eigenvalue weighted by Gasteiger charge is -2.31. The van der Waals surface area contributed by atoms with Crippen LogP contribution in [-0.4, -0.2) is 32.4 Å². The van der Waals surface area contributed by atoms with Crippen molar-refractivity contribution in [2.75, 3.05) is 0 Å². The maximum absolute atomic E-state index is 14.4. The van der Waals surface area contributed by atoms with Gasteiger partial charge < -0.3 is 13.8 Å². The van der Waals surface area contributed by atoms with E-state index >= 15 is 0 Å². The Labute approximate surface area is 216 Å². The van der Waals surface area contributed by atoms with E-state index in [2.05, 4.69) is 22.0 Å². The number of ether oxygens (including phenoxy) is 1. The van der Waals surface area contributed by atoms with Crippen molar-refractivity contribution in [3.05, 3.63) is 59.7 Å². The van der Waals surface area contributed by atoms with Gasteiger partial charge in [-0.3, -0.25) is 4.98 Å². The predicted molar refractivity (Wildman–Crippen MR) is 142 cm³/mol. The van der Waals surface area contributed by atoms with Crippen LogP contribution in [0.5, 0.6) is 0 Å². The Morgan fingerprint density at radius 3 is 2.51 bits per heavy atom. The van der Waals surface area contributed by atoms with Crippen LogP contribution in [0.15, 0.2) is 47.2 Å². The molecule has 1 aromatic carbocycles. The number of halogens is 1. The zero-order chi connectivity index (χ0) is 26.3. The Hall–Kier alpha value is -3.48. The van der Waals surface area contributed by atoms with Crippen molar-refractivity contribution in [2.24, 2.45) is 5.92 Å². The second kappa shape index (κ2) is 9.77. The highest BCUT2D eigenvalue weighted by Crippen LogP contribution is 2.38. The van der Waals surface area contributed by atoms with Crippen LogP contribution in [0, 0.1) is 19.8 Å². The lowest BCUT2D eigenvalue weighted by molar-refractivity contribution is 0.0378. The number of nitrogens with zero attached hydrogens (tertiary/aromatic N) is 3. The zero-order valence-corrected chi connectivity index (χ0v) is 22.2. The number of hydrogen-bond donors (Lipinski definition) is 0. The van der Waals surface area contributed by atoms with Gasteiger partial charge in [-0.15, -0.1) is 0 Å². The molecule has 0 saturated heterocycles. The summed E-state index contributed by atoms with van der Waals surface area (Å²) in [7, 11) is 0. The third-order valence-corrected chi connectivity index (χ3v) is 7.42. The lowest BCUT2D eigenvalue weighted by atomic mass is 9.81. The van der Waals surface area contributed by atoms with E-state index in [9.17, 15) is 9.18 Å². The van der Waals surface area contributed by atoms with Crippen molar-refractivity contribution in [2.45, 2.75) is 78.6 Å². The second-order valence-corrected chi connectivity index (χ2v) is 10.9. The highest BCUT2D eigenvalue weighted by Gasteiger charge is 2.31. The molecule has 0 bridgehead atoms. The number of aryl methyl sites for hydroxylation is 2. The molecule has 0 unspecified atom stereocenters. The minimum atomic E-state index is -1.06. The first-order valence-corrected chi connectivity index (χ1v) is 13.0. The van der Waals surface area contributed by atoms with Gasteiger partial charge in [-0.1, -0.05) is 17.3 Å². The molecule has 0 atom stereocenters. The molecule has 5 rings (SSSR count). The number of carbonyl (C=O) groups is 1. The van der Waals surface area contributed by atoms with E-state index in [1.54, 1.807) is 19.1 Å². The molecule has 7 heteroatoms. The monoisotopic (exact) mass is 503 g/mol. The fraction of sp³-hybridized carbons (Fsp3) is 0.433. The molecule has 0 N–H and O–H groups in total. The van der Waals surface area contributed by atoms with Crippen molar-refractivity contribution >= 4 is 17.0 Å². The zero-order valence-electron chi connectivity index (χ0n) is 22.2. The minimum absolute atomic E-state index is 0.170. The molecule has 37 heavy (non-hydrogen) atoms. The number of fused-ring (bicyclic) bond motifs is 1. The van der Waals surface area contributed by atoms with Crippen LogP contribution in [0.4, 0.5) is 4.39 Å². The van der Waals surface area contributed by atoms with E-state index in [0.29, 0.717) is 24.3 Å². The summed E-state index contributed by atoms with van der Waals surface area (Å²) in [4.78, 5) is 17.2. The molecule has 4 aromatic rings. The summed E-state index contributed by atoms with van der Waals surface area (Å²) >= 11 is 0. The van der Waals surface area contributed by atoms with Crippen LogP contribution in [0.2, 0.25) is 0 Å². The van der Waals surface area contributed by atoms with Crippen LogP contribution < -0.4 is 0 Å². The molecule has 3 aromatic heterocycles. The summed E-state index contributed by atoms with van der Waals surface area (Å²) in [5.41, 5.74) is 6.09. The number of benzene rings is 1. The summed E-state index contributed by atoms with van der Waals surface area (Å²) in [5.74, 6) is 0.835. The van der Waals surface area contributed by atoms with Crippen molar-refractivity contribution in [1.82, 2.24) is 14.7 Å². The number of rotatable bonds is 6. The smallest absolute Gasteiger partial charge is 0.338 e. The van der Waals surface area contributed by atoms with Crippen LogP contribution in [-0.2, 0) is 11.3 Å². The Bertz CT molecular complexity index is 1400. The maximum Gasteiger partial charge on any atom is 0.338 e. The van der Waals surface area contributed by atoms with Crippen LogP contribution >= 0.6 is 0 Å². The third-order valence-electron chi connectivity index (χ3n) is 7.42. The first-order chi connectivity index (χ1) is 17.6. The number of hydrogen-bond acceptors (Lipinski definition) is 5. The normalized spacial score (nSPS) is 20.0. The average molecular weight is 504 g/mol. The van der Waals surface area contributed by atoms with Gasteiger partial charge in [0.1, 0.15) is 11.4 Å². The third kappa shape index (κ3) is 5.17. The summed E-state index contributed by atoms with van der Waals surface area (Å²) in [5, 5.41) is 4.11. The number of pyridine rings is 1. The second-order valence-electron chi connectivity index (χ2n) is 10.9. The molecule has 6 nitrogen and oxygen atoms in total. The summed E-state index contributed by atoms with van der Waals surface area (Å²) < 4.78 is 27.4. The Kier molecular flexibility index (Phi) is 6.65. The first kappa shape index (κ1) is 25.2. The lowest BCUT2D eigenvalue weighted by Crippen LogP contribution is -2.27. The fourth-order valence-electron chi connectivity index (χ4n) is 5.37. The molecule has 1 aliphatic rings. The average Bonchev–Trinajstić information content (AvgIpc) is 3.38. The number of carbonyl (C=O) groups excluding carboxylic acids is 1. The van der Waals surface area contributed by atoms with Crippen molar-refractivity contribution in [3.63, 3.8) is 0 Å². The van der Waals surface area contributed by atoms with E-state index in [1.165, 1.54) is 0 Å². The molecule has 0 amide bonds. The molecule has 0 spiro atoms. The molecular formula is C30H34FN3O3. The largest absolute Gasteiger partial charge is 0.459 e. The van der Waals surface area contributed by atoms with Gasteiger partial charge in [0.05, 0.1) is 28.4 Å². The van der Waals surface area contributed by atoms with Crippen LogP contribution in [0.3, 0.4) is 0 Å². The standard InChI is InChI=1S/C30H34FN3O3/c1-18(2)36-29(35)23-8-6-22(7-9-23)25-17-34(16-21-10-12-30(5,31)13-11-21)26-14-24(15-32-28(25)26)27-19(3)33-37-20(27)4/h6-9,14-15,17-18,21H,10-13,16H2,1-5H3. The van der Waals surface area contributed by atoms with Gasteiger partial charge in [0.2, 0.25) is 0 Å². The predicted octanol–water partition coefficient (Wildman–Crippen LogP) is 7.46. The number of alkyl halides is 1. The van der Waals surface area contributed by atoms with E-state index in [-0.39, 0.29) is 12.1 Å². The topological polar surface area (TPSA) is 70.2 Å². The Balaban J connectivity index is 1.54. The SMILES string of the molecule is Cc1noc(C)c1-c1cnc2c(-c3ccc(C(=O)OC(C)C)cc3)cn(CC3CCC(C)(F)CC3)c2c1. The van der Waals surface area contributed by atoms with Gasteiger partial charge in [-0.2, -0.15) is 0 Å². The fourth-order valence-corrected chi connectivity index (χ4v) is 5.37. The molecule has 0 aliphatic heterocycles. The minimum Gasteiger partial charge on any atom is -0.459 e. The van der Waals surface area contributed by atoms with E-state index < -0.39 is 5.67 Å². The molecule has 1 aliphatic carbocycles. The first-order valence-electron chi connectivity index (χ1n) is 13.0. The molecular weight excluding hydrogens is 469 g/mol. The van der Waals surface area contributed by atoms with Crippen molar-refractivity contribution in [1.29, 1.82) is 0 Å². The van der Waals surface area contributed by atoms with Gasteiger partial charge in [0, 0.05) is 35.6 Å². The summed E-state index contributed by atoms with van der Waals surface area (Å²) in [6, 6.07) is 9.62. The number of esters is 1. The van der Waals surface area contributed by atoms with Crippen molar-refractivity contribution in [3.8, 4) is 22.3 Å². The van der Waals surface area contributed by atoms with E-state index in [4.69, 9.17) is 14.2 Å². The van der Waals surface area contributed by atoms with Gasteiger partial charge in [0.25, 0.3) is 0 Å². The Morgan fingerprint density at radius 1 is 1.19 bits per heavy atom. The number of aromatic nitrogens is 3. The molecule has 1 saturated carbocycles. The van der Waals surface area contributed by atoms with Crippen molar-refractivity contribution < 1.29 is 18.4 Å². The van der Waals surface area contributed by atoms with Gasteiger partial charge in [0.15, 0.2) is 0 Å². The maximum atomic E-state index is 14.4. The molecule has 3 heterocycles. The summed E-state index contributed by atoms with van der Waals surface area (Å²) in [6.45, 7) is 10.0. The van der Waals surface area contributed by atoms with Crippen LogP contribution in [0.25, 0.3) is 33.3 Å². The van der Waals surface area contributed by atoms with Gasteiger partial charge in [-0.25, -0.2) is 9.18 Å². The molecule has 0 radical (unpaired) electrons. The highest BCUT2D eigenvalue weighted by molar-refractivity contribution is 5.96. The van der Waals surface area contributed by atoms with Gasteiger partial charge in [-0.05, 0) is 90.0 Å². The molecule has 1 fully saturated rings. The van der Waals surface area contributed by atoms with Gasteiger partial charge >= 0.3 is 5.97 Å². The highest BCUT2D eigenvalue weighted by atomic mass is 19.1.